The van der Waals surface area contributed by atoms with Gasteiger partial charge < -0.3 is 4.90 Å². The summed E-state index contributed by atoms with van der Waals surface area (Å²) in [5.74, 6) is 0.829. The van der Waals surface area contributed by atoms with Crippen LogP contribution in [0, 0.1) is 11.7 Å². The highest BCUT2D eigenvalue weighted by atomic mass is 19.1. The summed E-state index contributed by atoms with van der Waals surface area (Å²) in [5.41, 5.74) is 2.94. The van der Waals surface area contributed by atoms with E-state index in [-0.39, 0.29) is 17.6 Å². The molecule has 6 heteroatoms. The lowest BCUT2D eigenvalue weighted by Crippen LogP contribution is -2.37. The Balaban J connectivity index is 1.14. The minimum absolute atomic E-state index is 0.173. The summed E-state index contributed by atoms with van der Waals surface area (Å²) >= 11 is 0. The number of rotatable bonds is 5. The maximum Gasteiger partial charge on any atom is 0.261 e. The Kier molecular flexibility index (Phi) is 5.43. The first-order valence-electron chi connectivity index (χ1n) is 11.0. The van der Waals surface area contributed by atoms with E-state index >= 15 is 0 Å². The Bertz CT molecular complexity index is 1100. The maximum absolute atomic E-state index is 13.1. The molecular formula is C26H24FN3O2. The highest BCUT2D eigenvalue weighted by Crippen LogP contribution is 2.28. The number of fused-ring (bicyclic) bond motifs is 1. The van der Waals surface area contributed by atoms with Gasteiger partial charge in [0, 0.05) is 31.4 Å². The number of anilines is 1. The lowest BCUT2D eigenvalue weighted by atomic mass is 9.93. The zero-order valence-corrected chi connectivity index (χ0v) is 17.7. The summed E-state index contributed by atoms with van der Waals surface area (Å²) in [5, 5.41) is 0. The van der Waals surface area contributed by atoms with Crippen LogP contribution in [0.3, 0.4) is 0 Å². The van der Waals surface area contributed by atoms with Crippen LogP contribution in [0.2, 0.25) is 0 Å². The van der Waals surface area contributed by atoms with Crippen molar-refractivity contribution < 1.29 is 14.0 Å². The van der Waals surface area contributed by atoms with E-state index < -0.39 is 0 Å². The van der Waals surface area contributed by atoms with Gasteiger partial charge in [-0.3, -0.25) is 14.5 Å². The second-order valence-corrected chi connectivity index (χ2v) is 8.44. The average molecular weight is 429 g/mol. The monoisotopic (exact) mass is 429 g/mol. The van der Waals surface area contributed by atoms with Crippen LogP contribution in [-0.2, 0) is 0 Å². The van der Waals surface area contributed by atoms with Crippen molar-refractivity contribution in [2.75, 3.05) is 24.5 Å². The summed E-state index contributed by atoms with van der Waals surface area (Å²) in [6, 6.07) is 17.5. The van der Waals surface area contributed by atoms with Gasteiger partial charge in [-0.2, -0.15) is 0 Å². The number of halogens is 1. The molecule has 3 heterocycles. The van der Waals surface area contributed by atoms with Crippen LogP contribution >= 0.6 is 0 Å². The molecule has 0 saturated carbocycles. The number of carbonyl (C=O) groups is 2. The molecule has 2 aliphatic heterocycles. The van der Waals surface area contributed by atoms with Gasteiger partial charge in [0.15, 0.2) is 0 Å². The molecule has 32 heavy (non-hydrogen) atoms. The van der Waals surface area contributed by atoms with Crippen LogP contribution in [0.4, 0.5) is 10.2 Å². The molecule has 0 aliphatic carbocycles. The molecule has 1 fully saturated rings. The van der Waals surface area contributed by atoms with Crippen molar-refractivity contribution in [3.8, 4) is 11.1 Å². The number of nitrogens with zero attached hydrogens (tertiary/aromatic N) is 3. The molecule has 0 unspecified atom stereocenters. The maximum atomic E-state index is 13.1. The first-order valence-corrected chi connectivity index (χ1v) is 11.0. The Labute approximate surface area is 186 Å². The van der Waals surface area contributed by atoms with E-state index in [1.807, 2.05) is 18.3 Å². The number of imide groups is 1. The lowest BCUT2D eigenvalue weighted by Gasteiger charge is -2.33. The Morgan fingerprint density at radius 3 is 2.06 bits per heavy atom. The summed E-state index contributed by atoms with van der Waals surface area (Å²) in [6.07, 6.45) is 4.67. The number of benzene rings is 2. The molecule has 2 aliphatic rings. The molecule has 2 amide bonds. The van der Waals surface area contributed by atoms with E-state index in [2.05, 4.69) is 9.88 Å². The quantitative estimate of drug-likeness (QED) is 0.547. The Morgan fingerprint density at radius 1 is 0.844 bits per heavy atom. The van der Waals surface area contributed by atoms with Gasteiger partial charge in [-0.05, 0) is 67.1 Å². The predicted octanol–water partition coefficient (Wildman–Crippen LogP) is 4.79. The summed E-state index contributed by atoms with van der Waals surface area (Å²) in [7, 11) is 0. The molecule has 1 saturated heterocycles. The smallest absolute Gasteiger partial charge is 0.261 e. The second-order valence-electron chi connectivity index (χ2n) is 8.44. The van der Waals surface area contributed by atoms with Gasteiger partial charge in [0.1, 0.15) is 11.6 Å². The van der Waals surface area contributed by atoms with Crippen molar-refractivity contribution in [2.45, 2.75) is 19.3 Å². The van der Waals surface area contributed by atoms with Crippen LogP contribution in [0.5, 0.6) is 0 Å². The molecule has 2 aromatic carbocycles. The van der Waals surface area contributed by atoms with Gasteiger partial charge in [-0.1, -0.05) is 24.3 Å². The fraction of sp³-hybridized carbons (Fsp3) is 0.269. The van der Waals surface area contributed by atoms with E-state index in [0.717, 1.165) is 49.3 Å². The molecule has 5 nitrogen and oxygen atoms in total. The zero-order valence-electron chi connectivity index (χ0n) is 17.7. The number of hydrogen-bond donors (Lipinski definition) is 0. The summed E-state index contributed by atoms with van der Waals surface area (Å²) in [6.45, 7) is 2.27. The minimum Gasteiger partial charge on any atom is -0.357 e. The third-order valence-corrected chi connectivity index (χ3v) is 6.50. The highest BCUT2D eigenvalue weighted by molar-refractivity contribution is 6.21. The fourth-order valence-corrected chi connectivity index (χ4v) is 4.59. The minimum atomic E-state index is -0.246. The molecular weight excluding hydrogens is 405 g/mol. The Morgan fingerprint density at radius 2 is 1.47 bits per heavy atom. The molecule has 1 aromatic heterocycles. The standard InChI is InChI=1S/C26H24FN3O2/c27-21-8-5-19(6-9-21)20-7-10-24(28-17-20)29-14-11-18(12-15-29)13-16-30-25(31)22-3-1-2-4-23(22)26(30)32/h1-10,17-18H,11-16H2. The van der Waals surface area contributed by atoms with E-state index in [1.165, 1.54) is 17.0 Å². The molecule has 0 atom stereocenters. The molecule has 0 N–H and O–H groups in total. The van der Waals surface area contributed by atoms with Crippen molar-refractivity contribution in [3.63, 3.8) is 0 Å². The zero-order chi connectivity index (χ0) is 22.1. The third kappa shape index (κ3) is 3.88. The Hall–Kier alpha value is -3.54. The van der Waals surface area contributed by atoms with Crippen molar-refractivity contribution in [2.24, 2.45) is 5.92 Å². The van der Waals surface area contributed by atoms with Crippen LogP contribution < -0.4 is 4.90 Å². The number of carbonyl (C=O) groups excluding carboxylic acids is 2. The molecule has 0 radical (unpaired) electrons. The van der Waals surface area contributed by atoms with Crippen LogP contribution in [-0.4, -0.2) is 41.3 Å². The SMILES string of the molecule is O=C1c2ccccc2C(=O)N1CCC1CCN(c2ccc(-c3ccc(F)cc3)cn2)CC1. The number of amides is 2. The van der Waals surface area contributed by atoms with Crippen molar-refractivity contribution >= 4 is 17.6 Å². The van der Waals surface area contributed by atoms with Gasteiger partial charge in [-0.25, -0.2) is 9.37 Å². The lowest BCUT2D eigenvalue weighted by molar-refractivity contribution is 0.0643. The number of pyridine rings is 1. The second kappa shape index (κ2) is 8.54. The largest absolute Gasteiger partial charge is 0.357 e. The van der Waals surface area contributed by atoms with Crippen molar-refractivity contribution in [3.05, 3.63) is 83.8 Å². The van der Waals surface area contributed by atoms with E-state index in [1.54, 1.807) is 36.4 Å². The first-order chi connectivity index (χ1) is 15.6. The molecule has 162 valence electrons. The van der Waals surface area contributed by atoms with Crippen molar-refractivity contribution in [1.82, 2.24) is 9.88 Å². The number of piperidine rings is 1. The summed E-state index contributed by atoms with van der Waals surface area (Å²) in [4.78, 5) is 33.3. The molecule has 0 bridgehead atoms. The van der Waals surface area contributed by atoms with Crippen LogP contribution in [0.25, 0.3) is 11.1 Å². The van der Waals surface area contributed by atoms with Gasteiger partial charge >= 0.3 is 0 Å². The molecule has 3 aromatic rings. The molecule has 5 rings (SSSR count). The normalized spacial score (nSPS) is 16.5. The van der Waals surface area contributed by atoms with Crippen LogP contribution in [0.1, 0.15) is 40.0 Å². The highest BCUT2D eigenvalue weighted by Gasteiger charge is 2.35. The molecule has 0 spiro atoms. The van der Waals surface area contributed by atoms with E-state index in [4.69, 9.17) is 0 Å². The van der Waals surface area contributed by atoms with Crippen LogP contribution in [0.15, 0.2) is 66.9 Å². The van der Waals surface area contributed by atoms with E-state index in [9.17, 15) is 14.0 Å². The number of aromatic nitrogens is 1. The number of hydrogen-bond acceptors (Lipinski definition) is 4. The average Bonchev–Trinajstić information content (AvgIpc) is 3.08. The topological polar surface area (TPSA) is 53.5 Å². The van der Waals surface area contributed by atoms with E-state index in [0.29, 0.717) is 23.6 Å². The van der Waals surface area contributed by atoms with Gasteiger partial charge in [0.2, 0.25) is 0 Å². The van der Waals surface area contributed by atoms with Gasteiger partial charge in [0.05, 0.1) is 11.1 Å². The predicted molar refractivity (Wildman–Crippen MR) is 121 cm³/mol. The van der Waals surface area contributed by atoms with Crippen molar-refractivity contribution in [1.29, 1.82) is 0 Å². The fourth-order valence-electron chi connectivity index (χ4n) is 4.59. The van der Waals surface area contributed by atoms with Gasteiger partial charge in [-0.15, -0.1) is 0 Å². The third-order valence-electron chi connectivity index (χ3n) is 6.50. The first kappa shape index (κ1) is 20.4. The summed E-state index contributed by atoms with van der Waals surface area (Å²) < 4.78 is 13.1. The van der Waals surface area contributed by atoms with Gasteiger partial charge in [0.25, 0.3) is 11.8 Å².